The highest BCUT2D eigenvalue weighted by atomic mass is 32.1. The van der Waals surface area contributed by atoms with Gasteiger partial charge in [-0.3, -0.25) is 4.79 Å². The molecular weight excluding hydrogens is 414 g/mol. The number of aromatic nitrogens is 1. The second kappa shape index (κ2) is 10.6. The fourth-order valence-electron chi connectivity index (χ4n) is 2.97. The van der Waals surface area contributed by atoms with Gasteiger partial charge in [-0.15, -0.1) is 11.3 Å². The predicted octanol–water partition coefficient (Wildman–Crippen LogP) is 3.54. The summed E-state index contributed by atoms with van der Waals surface area (Å²) < 4.78 is 5.77. The molecule has 1 atom stereocenters. The van der Waals surface area contributed by atoms with Crippen molar-refractivity contribution < 1.29 is 19.4 Å². The number of aliphatic carboxylic acids is 1. The van der Waals surface area contributed by atoms with E-state index in [-0.39, 0.29) is 12.3 Å². The Bertz CT molecular complexity index is 1030. The van der Waals surface area contributed by atoms with E-state index in [1.807, 2.05) is 50.4 Å². The van der Waals surface area contributed by atoms with Crippen LogP contribution in [0.25, 0.3) is 0 Å². The van der Waals surface area contributed by atoms with Crippen molar-refractivity contribution in [2.24, 2.45) is 0 Å². The molecule has 8 heteroatoms. The van der Waals surface area contributed by atoms with E-state index in [4.69, 9.17) is 4.74 Å². The normalized spacial score (nSPS) is 11.5. The van der Waals surface area contributed by atoms with Crippen molar-refractivity contribution in [2.75, 3.05) is 19.0 Å². The molecule has 0 aliphatic heterocycles. The number of aryl methyl sites for hydroxylation is 1. The second-order valence-corrected chi connectivity index (χ2v) is 8.27. The Morgan fingerprint density at radius 2 is 1.90 bits per heavy atom. The van der Waals surface area contributed by atoms with Gasteiger partial charge < -0.3 is 20.5 Å². The first-order chi connectivity index (χ1) is 14.9. The first-order valence-electron chi connectivity index (χ1n) is 9.90. The van der Waals surface area contributed by atoms with E-state index < -0.39 is 12.0 Å². The number of carbonyl (C=O) groups excluding carboxylic acids is 1. The summed E-state index contributed by atoms with van der Waals surface area (Å²) in [6.45, 7) is 2.38. The molecule has 0 radical (unpaired) electrons. The van der Waals surface area contributed by atoms with Gasteiger partial charge in [-0.25, -0.2) is 9.78 Å². The van der Waals surface area contributed by atoms with E-state index in [0.29, 0.717) is 23.7 Å². The molecule has 0 aliphatic carbocycles. The zero-order valence-electron chi connectivity index (χ0n) is 17.4. The molecule has 3 rings (SSSR count). The Morgan fingerprint density at radius 1 is 1.13 bits per heavy atom. The molecule has 0 saturated heterocycles. The maximum atomic E-state index is 12.3. The fourth-order valence-corrected chi connectivity index (χ4v) is 3.75. The minimum Gasteiger partial charge on any atom is -0.493 e. The van der Waals surface area contributed by atoms with Crippen LogP contribution in [0.4, 0.5) is 5.82 Å². The minimum absolute atomic E-state index is 0.187. The Balaban J connectivity index is 1.53. The highest BCUT2D eigenvalue weighted by molar-refractivity contribution is 7.13. The van der Waals surface area contributed by atoms with Gasteiger partial charge in [-0.2, -0.15) is 0 Å². The number of anilines is 1. The molecule has 31 heavy (non-hydrogen) atoms. The number of pyridine rings is 1. The topological polar surface area (TPSA) is 101 Å². The Hall–Kier alpha value is -3.39. The van der Waals surface area contributed by atoms with Crippen molar-refractivity contribution >= 4 is 29.0 Å². The predicted molar refractivity (Wildman–Crippen MR) is 121 cm³/mol. The first kappa shape index (κ1) is 22.3. The number of benzene rings is 1. The molecule has 0 bridgehead atoms. The van der Waals surface area contributed by atoms with Gasteiger partial charge >= 0.3 is 5.97 Å². The maximum Gasteiger partial charge on any atom is 0.326 e. The third-order valence-corrected chi connectivity index (χ3v) is 5.62. The standard InChI is InChI=1S/C23H25N3O4S/c1-15-6-11-20(31-15)22(27)26-19(23(28)29)14-16-7-9-18(10-8-16)30-13-12-17-4-3-5-21(24-2)25-17/h3-11,19H,12-14H2,1-2H3,(H,24,25)(H,26,27)(H,28,29)/t19-/m0/s1. The molecule has 3 N–H and O–H groups in total. The number of thiophene rings is 1. The molecule has 0 unspecified atom stereocenters. The molecule has 0 aliphatic rings. The Morgan fingerprint density at radius 3 is 2.55 bits per heavy atom. The van der Waals surface area contributed by atoms with Crippen molar-refractivity contribution in [3.8, 4) is 5.75 Å². The van der Waals surface area contributed by atoms with Gasteiger partial charge in [0, 0.05) is 30.5 Å². The molecule has 0 fully saturated rings. The molecule has 1 aromatic carbocycles. The van der Waals surface area contributed by atoms with Crippen LogP contribution in [0.3, 0.4) is 0 Å². The van der Waals surface area contributed by atoms with E-state index in [9.17, 15) is 14.7 Å². The number of ether oxygens (including phenoxy) is 1. The van der Waals surface area contributed by atoms with Crippen LogP contribution in [0.15, 0.2) is 54.6 Å². The van der Waals surface area contributed by atoms with Gasteiger partial charge in [0.1, 0.15) is 17.6 Å². The molecule has 2 heterocycles. The molecular formula is C23H25N3O4S. The molecule has 162 valence electrons. The van der Waals surface area contributed by atoms with Crippen LogP contribution in [0, 0.1) is 6.92 Å². The number of rotatable bonds is 10. The summed E-state index contributed by atoms with van der Waals surface area (Å²) in [6, 6.07) is 15.5. The number of nitrogens with one attached hydrogen (secondary N) is 2. The lowest BCUT2D eigenvalue weighted by Crippen LogP contribution is -2.42. The van der Waals surface area contributed by atoms with Gasteiger partial charge in [0.05, 0.1) is 11.5 Å². The van der Waals surface area contributed by atoms with Crippen molar-refractivity contribution in [3.05, 3.63) is 75.6 Å². The number of hydrogen-bond acceptors (Lipinski definition) is 6. The Labute approximate surface area is 185 Å². The number of carboxylic acid groups (broad SMARTS) is 1. The van der Waals surface area contributed by atoms with Gasteiger partial charge in [0.25, 0.3) is 5.91 Å². The van der Waals surface area contributed by atoms with E-state index >= 15 is 0 Å². The van der Waals surface area contributed by atoms with Crippen LogP contribution in [0.2, 0.25) is 0 Å². The van der Waals surface area contributed by atoms with Crippen LogP contribution in [-0.4, -0.2) is 41.7 Å². The number of nitrogens with zero attached hydrogens (tertiary/aromatic N) is 1. The molecule has 1 amide bonds. The van der Waals surface area contributed by atoms with Gasteiger partial charge in [-0.1, -0.05) is 18.2 Å². The smallest absolute Gasteiger partial charge is 0.326 e. The third kappa shape index (κ3) is 6.55. The fraction of sp³-hybridized carbons (Fsp3) is 0.261. The molecule has 7 nitrogen and oxygen atoms in total. The van der Waals surface area contributed by atoms with Crippen LogP contribution < -0.4 is 15.4 Å². The van der Waals surface area contributed by atoms with Crippen LogP contribution in [0.1, 0.15) is 25.8 Å². The van der Waals surface area contributed by atoms with E-state index in [1.165, 1.54) is 11.3 Å². The lowest BCUT2D eigenvalue weighted by atomic mass is 10.1. The molecule has 3 aromatic rings. The van der Waals surface area contributed by atoms with Crippen molar-refractivity contribution in [1.29, 1.82) is 0 Å². The lowest BCUT2D eigenvalue weighted by molar-refractivity contribution is -0.139. The first-order valence-corrected chi connectivity index (χ1v) is 10.7. The lowest BCUT2D eigenvalue weighted by Gasteiger charge is -2.14. The monoisotopic (exact) mass is 439 g/mol. The number of amides is 1. The van der Waals surface area contributed by atoms with E-state index in [0.717, 1.165) is 22.0 Å². The molecule has 0 saturated carbocycles. The zero-order valence-corrected chi connectivity index (χ0v) is 18.2. The van der Waals surface area contributed by atoms with Gasteiger partial charge in [-0.05, 0) is 48.9 Å². The van der Waals surface area contributed by atoms with Crippen molar-refractivity contribution in [2.45, 2.75) is 25.8 Å². The molecule has 0 spiro atoms. The second-order valence-electron chi connectivity index (χ2n) is 6.99. The third-order valence-electron chi connectivity index (χ3n) is 4.62. The highest BCUT2D eigenvalue weighted by Crippen LogP contribution is 2.17. The number of hydrogen-bond donors (Lipinski definition) is 3. The Kier molecular flexibility index (Phi) is 7.61. The minimum atomic E-state index is -1.07. The number of carboxylic acids is 1. The molecule has 2 aromatic heterocycles. The van der Waals surface area contributed by atoms with Crippen molar-refractivity contribution in [1.82, 2.24) is 10.3 Å². The average Bonchev–Trinajstić information content (AvgIpc) is 3.21. The van der Waals surface area contributed by atoms with Crippen LogP contribution in [-0.2, 0) is 17.6 Å². The zero-order chi connectivity index (χ0) is 22.2. The largest absolute Gasteiger partial charge is 0.493 e. The highest BCUT2D eigenvalue weighted by Gasteiger charge is 2.22. The summed E-state index contributed by atoms with van der Waals surface area (Å²) in [6.07, 6.45) is 0.860. The maximum absolute atomic E-state index is 12.3. The summed E-state index contributed by atoms with van der Waals surface area (Å²) >= 11 is 1.34. The summed E-state index contributed by atoms with van der Waals surface area (Å²) in [4.78, 5) is 29.9. The summed E-state index contributed by atoms with van der Waals surface area (Å²) in [5.74, 6) is 0.0642. The van der Waals surface area contributed by atoms with Gasteiger partial charge in [0.2, 0.25) is 0 Å². The van der Waals surface area contributed by atoms with E-state index in [2.05, 4.69) is 15.6 Å². The summed E-state index contributed by atoms with van der Waals surface area (Å²) in [5, 5.41) is 15.1. The van der Waals surface area contributed by atoms with Gasteiger partial charge in [0.15, 0.2) is 0 Å². The summed E-state index contributed by atoms with van der Waals surface area (Å²) in [7, 11) is 1.83. The van der Waals surface area contributed by atoms with Crippen molar-refractivity contribution in [3.63, 3.8) is 0 Å². The summed E-state index contributed by atoms with van der Waals surface area (Å²) in [5.41, 5.74) is 1.73. The quantitative estimate of drug-likeness (QED) is 0.447. The van der Waals surface area contributed by atoms with Crippen LogP contribution in [0.5, 0.6) is 5.75 Å². The van der Waals surface area contributed by atoms with Crippen LogP contribution >= 0.6 is 11.3 Å². The SMILES string of the molecule is CNc1cccc(CCOc2ccc(C[C@H](NC(=O)c3ccc(C)s3)C(=O)O)cc2)n1. The average molecular weight is 440 g/mol. The number of carbonyl (C=O) groups is 2. The van der Waals surface area contributed by atoms with E-state index in [1.54, 1.807) is 18.2 Å².